The van der Waals surface area contributed by atoms with Gasteiger partial charge in [-0.05, 0) is 19.8 Å². The first-order chi connectivity index (χ1) is 4.35. The van der Waals surface area contributed by atoms with Crippen molar-refractivity contribution < 1.29 is 0 Å². The molecule has 50 valence electrons. The van der Waals surface area contributed by atoms with Crippen molar-refractivity contribution in [2.45, 2.75) is 26.7 Å². The topological polar surface area (TPSA) is 0 Å². The molecule has 1 atom stereocenters. The van der Waals surface area contributed by atoms with Gasteiger partial charge in [-0.3, -0.25) is 0 Å². The SMILES string of the molecule is C=CCC(C#CC)CC. The van der Waals surface area contributed by atoms with Gasteiger partial charge in [-0.1, -0.05) is 18.9 Å². The van der Waals surface area contributed by atoms with E-state index in [1.54, 1.807) is 0 Å². The third kappa shape index (κ3) is 3.85. The number of allylic oxidation sites excluding steroid dienone is 1. The summed E-state index contributed by atoms with van der Waals surface area (Å²) in [5.41, 5.74) is 0. The van der Waals surface area contributed by atoms with Gasteiger partial charge in [-0.25, -0.2) is 0 Å². The highest BCUT2D eigenvalue weighted by Gasteiger charge is 1.95. The van der Waals surface area contributed by atoms with Gasteiger partial charge >= 0.3 is 0 Å². The Balaban J connectivity index is 3.62. The van der Waals surface area contributed by atoms with Crippen LogP contribution in [-0.2, 0) is 0 Å². The van der Waals surface area contributed by atoms with Crippen LogP contribution in [0.4, 0.5) is 0 Å². The van der Waals surface area contributed by atoms with E-state index < -0.39 is 0 Å². The van der Waals surface area contributed by atoms with E-state index in [2.05, 4.69) is 25.3 Å². The summed E-state index contributed by atoms with van der Waals surface area (Å²) in [6.07, 6.45) is 4.09. The molecule has 0 aliphatic rings. The van der Waals surface area contributed by atoms with Crippen LogP contribution in [0.1, 0.15) is 26.7 Å². The van der Waals surface area contributed by atoms with Gasteiger partial charge in [0.05, 0.1) is 0 Å². The third-order valence-electron chi connectivity index (χ3n) is 1.29. The fourth-order valence-electron chi connectivity index (χ4n) is 0.733. The van der Waals surface area contributed by atoms with E-state index in [0.29, 0.717) is 5.92 Å². The smallest absolute Gasteiger partial charge is 0.0234 e. The minimum absolute atomic E-state index is 0.535. The fourth-order valence-corrected chi connectivity index (χ4v) is 0.733. The van der Waals surface area contributed by atoms with Crippen LogP contribution in [0.2, 0.25) is 0 Å². The lowest BCUT2D eigenvalue weighted by atomic mass is 10.0. The highest BCUT2D eigenvalue weighted by molar-refractivity contribution is 5.02. The quantitative estimate of drug-likeness (QED) is 0.398. The van der Waals surface area contributed by atoms with Gasteiger partial charge < -0.3 is 0 Å². The maximum absolute atomic E-state index is 3.66. The van der Waals surface area contributed by atoms with Crippen molar-refractivity contribution >= 4 is 0 Å². The lowest BCUT2D eigenvalue weighted by Gasteiger charge is -2.00. The normalized spacial score (nSPS) is 11.3. The van der Waals surface area contributed by atoms with E-state index >= 15 is 0 Å². The van der Waals surface area contributed by atoms with Crippen LogP contribution in [0.5, 0.6) is 0 Å². The molecule has 0 nitrogen and oxygen atoms in total. The van der Waals surface area contributed by atoms with Gasteiger partial charge in [0, 0.05) is 5.92 Å². The molecule has 0 spiro atoms. The lowest BCUT2D eigenvalue weighted by molar-refractivity contribution is 0.661. The average molecular weight is 122 g/mol. The fraction of sp³-hybridized carbons (Fsp3) is 0.556. The molecule has 0 amide bonds. The standard InChI is InChI=1S/C9H14/c1-4-7-9(6-3)8-5-2/h4,9H,1,6-7H2,2-3H3. The zero-order valence-corrected chi connectivity index (χ0v) is 6.28. The molecule has 1 unspecified atom stereocenters. The molecular weight excluding hydrogens is 108 g/mol. The predicted molar refractivity (Wildman–Crippen MR) is 42.0 cm³/mol. The highest BCUT2D eigenvalue weighted by atomic mass is 14.0. The maximum atomic E-state index is 3.66. The molecule has 0 bridgehead atoms. The van der Waals surface area contributed by atoms with Crippen molar-refractivity contribution in [2.75, 3.05) is 0 Å². The number of hydrogen-bond acceptors (Lipinski definition) is 0. The molecule has 0 aromatic carbocycles. The zero-order chi connectivity index (χ0) is 7.11. The van der Waals surface area contributed by atoms with Gasteiger partial charge in [0.2, 0.25) is 0 Å². The van der Waals surface area contributed by atoms with Crippen LogP contribution in [0.25, 0.3) is 0 Å². The Hall–Kier alpha value is -0.700. The monoisotopic (exact) mass is 122 g/mol. The maximum Gasteiger partial charge on any atom is 0.0234 e. The van der Waals surface area contributed by atoms with Gasteiger partial charge in [0.25, 0.3) is 0 Å². The predicted octanol–water partition coefficient (Wildman–Crippen LogP) is 2.61. The Morgan fingerprint density at radius 3 is 2.67 bits per heavy atom. The highest BCUT2D eigenvalue weighted by Crippen LogP contribution is 2.05. The van der Waals surface area contributed by atoms with E-state index in [1.807, 2.05) is 13.0 Å². The molecular formula is C9H14. The zero-order valence-electron chi connectivity index (χ0n) is 6.28. The van der Waals surface area contributed by atoms with E-state index in [0.717, 1.165) is 12.8 Å². The van der Waals surface area contributed by atoms with Gasteiger partial charge in [0.15, 0.2) is 0 Å². The molecule has 0 saturated heterocycles. The summed E-state index contributed by atoms with van der Waals surface area (Å²) in [6.45, 7) is 7.69. The molecule has 0 N–H and O–H groups in total. The minimum Gasteiger partial charge on any atom is -0.106 e. The molecule has 0 fully saturated rings. The Morgan fingerprint density at radius 1 is 1.67 bits per heavy atom. The Kier molecular flexibility index (Phi) is 5.01. The molecule has 0 aliphatic carbocycles. The molecule has 0 aliphatic heterocycles. The van der Waals surface area contributed by atoms with Gasteiger partial charge in [-0.15, -0.1) is 12.5 Å². The summed E-state index contributed by atoms with van der Waals surface area (Å²) in [4.78, 5) is 0. The Bertz CT molecular complexity index is 123. The molecule has 9 heavy (non-hydrogen) atoms. The first kappa shape index (κ1) is 8.30. The van der Waals surface area contributed by atoms with Crippen molar-refractivity contribution in [3.8, 4) is 11.8 Å². The third-order valence-corrected chi connectivity index (χ3v) is 1.29. The first-order valence-corrected chi connectivity index (χ1v) is 3.38. The molecule has 0 aromatic heterocycles. The van der Waals surface area contributed by atoms with Crippen molar-refractivity contribution in [3.05, 3.63) is 12.7 Å². The number of rotatable bonds is 3. The summed E-state index contributed by atoms with van der Waals surface area (Å²) in [7, 11) is 0. The first-order valence-electron chi connectivity index (χ1n) is 3.38. The molecule has 0 rings (SSSR count). The van der Waals surface area contributed by atoms with Crippen LogP contribution >= 0.6 is 0 Å². The number of hydrogen-bond donors (Lipinski definition) is 0. The molecule has 0 saturated carbocycles. The summed E-state index contributed by atoms with van der Waals surface area (Å²) >= 11 is 0. The Morgan fingerprint density at radius 2 is 2.33 bits per heavy atom. The summed E-state index contributed by atoms with van der Waals surface area (Å²) in [6, 6.07) is 0. The van der Waals surface area contributed by atoms with E-state index in [4.69, 9.17) is 0 Å². The average Bonchev–Trinajstić information content (AvgIpc) is 1.88. The van der Waals surface area contributed by atoms with Crippen molar-refractivity contribution in [2.24, 2.45) is 5.92 Å². The summed E-state index contributed by atoms with van der Waals surface area (Å²) in [5, 5.41) is 0. The second-order valence-corrected chi connectivity index (χ2v) is 2.02. The van der Waals surface area contributed by atoms with E-state index in [1.165, 1.54) is 0 Å². The van der Waals surface area contributed by atoms with Crippen molar-refractivity contribution in [1.82, 2.24) is 0 Å². The Labute approximate surface area is 58.0 Å². The van der Waals surface area contributed by atoms with Crippen molar-refractivity contribution in [3.63, 3.8) is 0 Å². The van der Waals surface area contributed by atoms with Crippen LogP contribution in [0.3, 0.4) is 0 Å². The molecule has 0 heteroatoms. The van der Waals surface area contributed by atoms with Crippen LogP contribution in [0.15, 0.2) is 12.7 Å². The molecule has 0 radical (unpaired) electrons. The minimum atomic E-state index is 0.535. The lowest BCUT2D eigenvalue weighted by Crippen LogP contribution is -1.90. The van der Waals surface area contributed by atoms with Crippen LogP contribution in [0, 0.1) is 17.8 Å². The van der Waals surface area contributed by atoms with E-state index in [-0.39, 0.29) is 0 Å². The molecule has 0 aromatic rings. The van der Waals surface area contributed by atoms with Gasteiger partial charge in [0.1, 0.15) is 0 Å². The second-order valence-electron chi connectivity index (χ2n) is 2.02. The second kappa shape index (κ2) is 5.44. The largest absolute Gasteiger partial charge is 0.106 e. The van der Waals surface area contributed by atoms with Crippen LogP contribution < -0.4 is 0 Å². The summed E-state index contributed by atoms with van der Waals surface area (Å²) in [5.74, 6) is 6.55. The van der Waals surface area contributed by atoms with Crippen molar-refractivity contribution in [1.29, 1.82) is 0 Å². The van der Waals surface area contributed by atoms with Gasteiger partial charge in [-0.2, -0.15) is 0 Å². The van der Waals surface area contributed by atoms with Crippen LogP contribution in [-0.4, -0.2) is 0 Å². The van der Waals surface area contributed by atoms with E-state index in [9.17, 15) is 0 Å². The summed E-state index contributed by atoms with van der Waals surface area (Å²) < 4.78 is 0. The molecule has 0 heterocycles.